The number of halogens is 1. The molecule has 3 unspecified atom stereocenters. The molecule has 21 heavy (non-hydrogen) atoms. The van der Waals surface area contributed by atoms with Crippen molar-refractivity contribution in [1.29, 1.82) is 0 Å². The zero-order valence-corrected chi connectivity index (χ0v) is 15.1. The van der Waals surface area contributed by atoms with Crippen molar-refractivity contribution in [3.8, 4) is 5.75 Å². The Morgan fingerprint density at radius 3 is 2.71 bits per heavy atom. The molecule has 0 saturated heterocycles. The van der Waals surface area contributed by atoms with Crippen LogP contribution < -0.4 is 10.1 Å². The molecular weight excluding hydrogens is 326 g/mol. The number of hydrogen-bond donors (Lipinski definition) is 1. The van der Waals surface area contributed by atoms with Gasteiger partial charge in [-0.15, -0.1) is 0 Å². The molecule has 1 aliphatic carbocycles. The fourth-order valence-electron chi connectivity index (χ4n) is 2.94. The molecule has 2 rings (SSSR count). The van der Waals surface area contributed by atoms with Crippen molar-refractivity contribution in [2.24, 2.45) is 11.8 Å². The van der Waals surface area contributed by atoms with Crippen molar-refractivity contribution in [3.05, 3.63) is 28.2 Å². The van der Waals surface area contributed by atoms with E-state index >= 15 is 0 Å². The van der Waals surface area contributed by atoms with E-state index in [1.54, 1.807) is 0 Å². The fourth-order valence-corrected chi connectivity index (χ4v) is 3.46. The van der Waals surface area contributed by atoms with Gasteiger partial charge in [0.05, 0.1) is 10.6 Å². The minimum Gasteiger partial charge on any atom is -0.489 e. The van der Waals surface area contributed by atoms with Gasteiger partial charge in [0.2, 0.25) is 0 Å². The van der Waals surface area contributed by atoms with Crippen LogP contribution in [0.15, 0.2) is 22.7 Å². The first kappa shape index (κ1) is 16.8. The van der Waals surface area contributed by atoms with Gasteiger partial charge in [-0.1, -0.05) is 26.8 Å². The molecule has 0 radical (unpaired) electrons. The highest BCUT2D eigenvalue weighted by molar-refractivity contribution is 9.10. The van der Waals surface area contributed by atoms with Crippen molar-refractivity contribution < 1.29 is 4.74 Å². The highest BCUT2D eigenvalue weighted by Crippen LogP contribution is 2.34. The predicted octanol–water partition coefficient (Wildman–Crippen LogP) is 5.15. The summed E-state index contributed by atoms with van der Waals surface area (Å²) >= 11 is 3.66. The Hall–Kier alpha value is -0.540. The lowest BCUT2D eigenvalue weighted by Gasteiger charge is -2.32. The molecule has 3 heteroatoms. The number of ether oxygens (including phenoxy) is 1. The number of hydrogen-bond acceptors (Lipinski definition) is 2. The molecule has 1 saturated carbocycles. The fraction of sp³-hybridized carbons (Fsp3) is 0.667. The van der Waals surface area contributed by atoms with Crippen molar-refractivity contribution >= 4 is 15.9 Å². The zero-order chi connectivity index (χ0) is 15.2. The average Bonchev–Trinajstić information content (AvgIpc) is 2.46. The van der Waals surface area contributed by atoms with Crippen LogP contribution in [0, 0.1) is 11.8 Å². The lowest BCUT2D eigenvalue weighted by Crippen LogP contribution is -2.28. The van der Waals surface area contributed by atoms with E-state index in [-0.39, 0.29) is 0 Å². The Labute approximate surface area is 137 Å². The second kappa shape index (κ2) is 8.19. The predicted molar refractivity (Wildman–Crippen MR) is 92.7 cm³/mol. The molecule has 0 amide bonds. The van der Waals surface area contributed by atoms with E-state index in [2.05, 4.69) is 60.2 Å². The molecule has 1 aliphatic rings. The molecule has 1 aromatic rings. The van der Waals surface area contributed by atoms with Gasteiger partial charge in [-0.05, 0) is 77.7 Å². The summed E-state index contributed by atoms with van der Waals surface area (Å²) in [5, 5.41) is 3.43. The maximum atomic E-state index is 6.22. The first-order chi connectivity index (χ1) is 10.1. The third-order valence-corrected chi connectivity index (χ3v) is 5.22. The minimum atomic E-state index is 0.372. The summed E-state index contributed by atoms with van der Waals surface area (Å²) in [6.45, 7) is 8.87. The Morgan fingerprint density at radius 1 is 1.24 bits per heavy atom. The third kappa shape index (κ3) is 5.00. The molecule has 2 nitrogen and oxygen atoms in total. The monoisotopic (exact) mass is 353 g/mol. The lowest BCUT2D eigenvalue weighted by atomic mass is 9.80. The van der Waals surface area contributed by atoms with E-state index in [9.17, 15) is 0 Å². The normalized spacial score (nSPS) is 25.8. The highest BCUT2D eigenvalue weighted by Gasteiger charge is 2.26. The van der Waals surface area contributed by atoms with Crippen LogP contribution in [0.4, 0.5) is 0 Å². The first-order valence-corrected chi connectivity index (χ1v) is 9.05. The Kier molecular flexibility index (Phi) is 6.56. The molecule has 1 aromatic carbocycles. The molecule has 0 spiro atoms. The lowest BCUT2D eigenvalue weighted by molar-refractivity contribution is 0.0999. The Morgan fingerprint density at radius 2 is 2.05 bits per heavy atom. The second-order valence-corrected chi connectivity index (χ2v) is 7.30. The van der Waals surface area contributed by atoms with Crippen LogP contribution in [0.25, 0.3) is 0 Å². The van der Waals surface area contributed by atoms with E-state index in [1.165, 1.54) is 31.2 Å². The van der Waals surface area contributed by atoms with Gasteiger partial charge in [0.1, 0.15) is 5.75 Å². The SMILES string of the molecule is CCCNCc1ccc(OC2CCC(C)C(C)C2)c(Br)c1. The van der Waals surface area contributed by atoms with Gasteiger partial charge >= 0.3 is 0 Å². The van der Waals surface area contributed by atoms with E-state index in [0.29, 0.717) is 6.10 Å². The van der Waals surface area contributed by atoms with Crippen LogP contribution in [0.3, 0.4) is 0 Å². The van der Waals surface area contributed by atoms with Crippen LogP contribution in [-0.4, -0.2) is 12.6 Å². The summed E-state index contributed by atoms with van der Waals surface area (Å²) in [5.74, 6) is 2.58. The quantitative estimate of drug-likeness (QED) is 0.713. The van der Waals surface area contributed by atoms with Crippen LogP contribution in [0.1, 0.15) is 52.0 Å². The molecule has 1 N–H and O–H groups in total. The number of benzene rings is 1. The van der Waals surface area contributed by atoms with Gasteiger partial charge in [0.25, 0.3) is 0 Å². The summed E-state index contributed by atoms with van der Waals surface area (Å²) in [6, 6.07) is 6.44. The molecule has 118 valence electrons. The third-order valence-electron chi connectivity index (χ3n) is 4.60. The van der Waals surface area contributed by atoms with Crippen LogP contribution in [0.2, 0.25) is 0 Å². The first-order valence-electron chi connectivity index (χ1n) is 8.26. The second-order valence-electron chi connectivity index (χ2n) is 6.45. The smallest absolute Gasteiger partial charge is 0.133 e. The van der Waals surface area contributed by atoms with Gasteiger partial charge in [0, 0.05) is 6.54 Å². The summed E-state index contributed by atoms with van der Waals surface area (Å²) in [6.07, 6.45) is 5.17. The van der Waals surface area contributed by atoms with Crippen LogP contribution >= 0.6 is 15.9 Å². The van der Waals surface area contributed by atoms with E-state index < -0.39 is 0 Å². The van der Waals surface area contributed by atoms with E-state index in [4.69, 9.17) is 4.74 Å². The van der Waals surface area contributed by atoms with Crippen LogP contribution in [-0.2, 0) is 6.54 Å². The molecular formula is C18H28BrNO. The number of rotatable bonds is 6. The van der Waals surface area contributed by atoms with Crippen molar-refractivity contribution in [2.75, 3.05) is 6.54 Å². The minimum absolute atomic E-state index is 0.372. The standard InChI is InChI=1S/C18H28BrNO/c1-4-9-20-12-15-6-8-18(17(19)11-15)21-16-7-5-13(2)14(3)10-16/h6,8,11,13-14,16,20H,4-5,7,9-10,12H2,1-3H3. The maximum Gasteiger partial charge on any atom is 0.133 e. The van der Waals surface area contributed by atoms with Crippen molar-refractivity contribution in [2.45, 2.75) is 59.1 Å². The molecule has 3 atom stereocenters. The van der Waals surface area contributed by atoms with Gasteiger partial charge in [-0.25, -0.2) is 0 Å². The maximum absolute atomic E-state index is 6.22. The largest absolute Gasteiger partial charge is 0.489 e. The summed E-state index contributed by atoms with van der Waals surface area (Å²) in [4.78, 5) is 0. The van der Waals surface area contributed by atoms with Gasteiger partial charge in [-0.3, -0.25) is 0 Å². The topological polar surface area (TPSA) is 21.3 Å². The summed E-state index contributed by atoms with van der Waals surface area (Å²) in [7, 11) is 0. The van der Waals surface area contributed by atoms with Crippen molar-refractivity contribution in [1.82, 2.24) is 5.32 Å². The van der Waals surface area contributed by atoms with Gasteiger partial charge < -0.3 is 10.1 Å². The molecule has 0 bridgehead atoms. The zero-order valence-electron chi connectivity index (χ0n) is 13.5. The van der Waals surface area contributed by atoms with E-state index in [0.717, 1.165) is 35.1 Å². The van der Waals surface area contributed by atoms with Crippen molar-refractivity contribution in [3.63, 3.8) is 0 Å². The Balaban J connectivity index is 1.91. The summed E-state index contributed by atoms with van der Waals surface area (Å²) in [5.41, 5.74) is 1.30. The molecule has 0 heterocycles. The molecule has 0 aromatic heterocycles. The molecule has 1 fully saturated rings. The molecule has 0 aliphatic heterocycles. The highest BCUT2D eigenvalue weighted by atomic mass is 79.9. The van der Waals surface area contributed by atoms with Gasteiger partial charge in [-0.2, -0.15) is 0 Å². The average molecular weight is 354 g/mol. The number of nitrogens with one attached hydrogen (secondary N) is 1. The Bertz CT molecular complexity index is 449. The van der Waals surface area contributed by atoms with Gasteiger partial charge in [0.15, 0.2) is 0 Å². The van der Waals surface area contributed by atoms with Crippen LogP contribution in [0.5, 0.6) is 5.75 Å². The summed E-state index contributed by atoms with van der Waals surface area (Å²) < 4.78 is 7.29. The van der Waals surface area contributed by atoms with E-state index in [1.807, 2.05) is 0 Å².